The van der Waals surface area contributed by atoms with E-state index in [0.717, 1.165) is 5.56 Å². The molecule has 0 bridgehead atoms. The number of rotatable bonds is 6. The van der Waals surface area contributed by atoms with E-state index in [-0.39, 0.29) is 29.8 Å². The molecule has 5 nitrogen and oxygen atoms in total. The molecule has 3 N–H and O–H groups in total. The van der Waals surface area contributed by atoms with Gasteiger partial charge in [-0.05, 0) is 24.6 Å². The van der Waals surface area contributed by atoms with Gasteiger partial charge in [0.25, 0.3) is 5.91 Å². The predicted molar refractivity (Wildman–Crippen MR) is 77.3 cm³/mol. The average molecular weight is 305 g/mol. The highest BCUT2D eigenvalue weighted by Gasteiger charge is 2.11. The molecule has 0 aliphatic carbocycles. The van der Waals surface area contributed by atoms with Crippen molar-refractivity contribution >= 4 is 33.0 Å². The van der Waals surface area contributed by atoms with Crippen LogP contribution in [0.1, 0.15) is 15.9 Å². The Kier molecular flexibility index (Phi) is 5.62. The SMILES string of the molecule is Cc1ccc(C(=O)NCCS(=O)(=O)CCCl)cc1N. The molecule has 1 aromatic rings. The molecule has 0 spiro atoms. The minimum atomic E-state index is -3.20. The lowest BCUT2D eigenvalue weighted by Gasteiger charge is -2.07. The molecule has 0 fully saturated rings. The summed E-state index contributed by atoms with van der Waals surface area (Å²) in [5, 5.41) is 2.54. The van der Waals surface area contributed by atoms with Gasteiger partial charge in [-0.2, -0.15) is 0 Å². The highest BCUT2D eigenvalue weighted by atomic mass is 35.5. The topological polar surface area (TPSA) is 89.3 Å². The van der Waals surface area contributed by atoms with Crippen LogP contribution in [-0.2, 0) is 9.84 Å². The standard InChI is InChI=1S/C12H17ClN2O3S/c1-9-2-3-10(8-11(9)14)12(16)15-5-7-19(17,18)6-4-13/h2-3,8H,4-7,14H2,1H3,(H,15,16). The van der Waals surface area contributed by atoms with Crippen LogP contribution in [0.3, 0.4) is 0 Å². The molecule has 0 aliphatic heterocycles. The van der Waals surface area contributed by atoms with Crippen molar-refractivity contribution in [3.63, 3.8) is 0 Å². The number of nitrogens with one attached hydrogen (secondary N) is 1. The molecule has 1 aromatic carbocycles. The Morgan fingerprint density at radius 2 is 2.05 bits per heavy atom. The van der Waals surface area contributed by atoms with Gasteiger partial charge in [0, 0.05) is 23.7 Å². The van der Waals surface area contributed by atoms with Crippen molar-refractivity contribution in [1.82, 2.24) is 5.32 Å². The summed E-state index contributed by atoms with van der Waals surface area (Å²) >= 11 is 5.38. The van der Waals surface area contributed by atoms with Gasteiger partial charge in [-0.25, -0.2) is 8.42 Å². The summed E-state index contributed by atoms with van der Waals surface area (Å²) in [4.78, 5) is 11.8. The summed E-state index contributed by atoms with van der Waals surface area (Å²) in [7, 11) is -3.20. The van der Waals surface area contributed by atoms with Gasteiger partial charge in [0.1, 0.15) is 0 Å². The van der Waals surface area contributed by atoms with Gasteiger partial charge in [-0.3, -0.25) is 4.79 Å². The third-order valence-corrected chi connectivity index (χ3v) is 4.69. The van der Waals surface area contributed by atoms with Crippen molar-refractivity contribution in [3.05, 3.63) is 29.3 Å². The number of aryl methyl sites for hydroxylation is 1. The highest BCUT2D eigenvalue weighted by Crippen LogP contribution is 2.12. The quantitative estimate of drug-likeness (QED) is 0.605. The molecule has 0 atom stereocenters. The van der Waals surface area contributed by atoms with Crippen LogP contribution in [-0.4, -0.2) is 38.3 Å². The second-order valence-electron chi connectivity index (χ2n) is 4.17. The van der Waals surface area contributed by atoms with E-state index in [2.05, 4.69) is 5.32 Å². The van der Waals surface area contributed by atoms with E-state index in [4.69, 9.17) is 17.3 Å². The number of carbonyl (C=O) groups excluding carboxylic acids is 1. The fourth-order valence-corrected chi connectivity index (χ4v) is 2.98. The summed E-state index contributed by atoms with van der Waals surface area (Å²) in [5.41, 5.74) is 7.54. The van der Waals surface area contributed by atoms with E-state index in [9.17, 15) is 13.2 Å². The lowest BCUT2D eigenvalue weighted by Crippen LogP contribution is -2.30. The molecular weight excluding hydrogens is 288 g/mol. The Balaban J connectivity index is 2.54. The largest absolute Gasteiger partial charge is 0.398 e. The summed E-state index contributed by atoms with van der Waals surface area (Å²) in [6.45, 7) is 1.90. The third kappa shape index (κ3) is 5.08. The Labute approximate surface area is 118 Å². The normalized spacial score (nSPS) is 11.3. The number of nitrogen functional groups attached to an aromatic ring is 1. The first-order chi connectivity index (χ1) is 8.85. The number of halogens is 1. The predicted octanol–water partition coefficient (Wildman–Crippen LogP) is 0.961. The van der Waals surface area contributed by atoms with Crippen LogP contribution in [0.4, 0.5) is 5.69 Å². The van der Waals surface area contributed by atoms with Crippen LogP contribution < -0.4 is 11.1 Å². The molecular formula is C12H17ClN2O3S. The number of amides is 1. The molecule has 1 amide bonds. The minimum absolute atomic E-state index is 0.0603. The minimum Gasteiger partial charge on any atom is -0.398 e. The summed E-state index contributed by atoms with van der Waals surface area (Å²) < 4.78 is 22.8. The Hall–Kier alpha value is -1.27. The molecule has 0 heterocycles. The lowest BCUT2D eigenvalue weighted by atomic mass is 10.1. The van der Waals surface area contributed by atoms with Crippen LogP contribution in [0.15, 0.2) is 18.2 Å². The maximum Gasteiger partial charge on any atom is 0.251 e. The summed E-state index contributed by atoms with van der Waals surface area (Å²) in [6.07, 6.45) is 0. The van der Waals surface area contributed by atoms with Gasteiger partial charge >= 0.3 is 0 Å². The van der Waals surface area contributed by atoms with Crippen molar-refractivity contribution < 1.29 is 13.2 Å². The maximum absolute atomic E-state index is 11.8. The van der Waals surface area contributed by atoms with Crippen LogP contribution in [0, 0.1) is 6.92 Å². The molecule has 0 aliphatic rings. The third-order valence-electron chi connectivity index (χ3n) is 2.63. The van der Waals surface area contributed by atoms with E-state index in [1.165, 1.54) is 0 Å². The molecule has 0 saturated carbocycles. The number of anilines is 1. The molecule has 0 aromatic heterocycles. The highest BCUT2D eigenvalue weighted by molar-refractivity contribution is 7.91. The van der Waals surface area contributed by atoms with Crippen molar-refractivity contribution in [2.75, 3.05) is 29.7 Å². The van der Waals surface area contributed by atoms with Crippen LogP contribution in [0.2, 0.25) is 0 Å². The summed E-state index contributed by atoms with van der Waals surface area (Å²) in [6, 6.07) is 4.96. The Bertz CT molecular complexity index is 558. The molecule has 7 heteroatoms. The second kappa shape index (κ2) is 6.77. The van der Waals surface area contributed by atoms with Gasteiger partial charge in [-0.1, -0.05) is 6.07 Å². The first kappa shape index (κ1) is 15.8. The monoisotopic (exact) mass is 304 g/mol. The van der Waals surface area contributed by atoms with E-state index < -0.39 is 9.84 Å². The molecule has 106 valence electrons. The zero-order valence-electron chi connectivity index (χ0n) is 10.6. The van der Waals surface area contributed by atoms with E-state index >= 15 is 0 Å². The number of hydrogen-bond acceptors (Lipinski definition) is 4. The number of benzene rings is 1. The van der Waals surface area contributed by atoms with Crippen LogP contribution >= 0.6 is 11.6 Å². The Morgan fingerprint density at radius 3 is 2.63 bits per heavy atom. The zero-order chi connectivity index (χ0) is 14.5. The first-order valence-electron chi connectivity index (χ1n) is 5.76. The maximum atomic E-state index is 11.8. The summed E-state index contributed by atoms with van der Waals surface area (Å²) in [5.74, 6) is -0.479. The fraction of sp³-hybridized carbons (Fsp3) is 0.417. The van der Waals surface area contributed by atoms with E-state index in [1.54, 1.807) is 18.2 Å². The first-order valence-corrected chi connectivity index (χ1v) is 8.12. The van der Waals surface area contributed by atoms with E-state index in [1.807, 2.05) is 6.92 Å². The number of alkyl halides is 1. The molecule has 19 heavy (non-hydrogen) atoms. The number of hydrogen-bond donors (Lipinski definition) is 2. The van der Waals surface area contributed by atoms with Crippen LogP contribution in [0.25, 0.3) is 0 Å². The van der Waals surface area contributed by atoms with Gasteiger partial charge < -0.3 is 11.1 Å². The zero-order valence-corrected chi connectivity index (χ0v) is 12.2. The smallest absolute Gasteiger partial charge is 0.251 e. The number of carbonyl (C=O) groups is 1. The molecule has 0 saturated heterocycles. The van der Waals surface area contributed by atoms with Gasteiger partial charge in [-0.15, -0.1) is 11.6 Å². The van der Waals surface area contributed by atoms with Crippen molar-refractivity contribution in [2.24, 2.45) is 0 Å². The van der Waals surface area contributed by atoms with Gasteiger partial charge in [0.15, 0.2) is 9.84 Å². The number of sulfone groups is 1. The van der Waals surface area contributed by atoms with Crippen LogP contribution in [0.5, 0.6) is 0 Å². The van der Waals surface area contributed by atoms with Crippen molar-refractivity contribution in [3.8, 4) is 0 Å². The molecule has 1 rings (SSSR count). The molecule has 0 radical (unpaired) electrons. The molecule has 0 unspecified atom stereocenters. The van der Waals surface area contributed by atoms with Crippen molar-refractivity contribution in [1.29, 1.82) is 0 Å². The lowest BCUT2D eigenvalue weighted by molar-refractivity contribution is 0.0956. The second-order valence-corrected chi connectivity index (χ2v) is 6.85. The average Bonchev–Trinajstić information content (AvgIpc) is 2.32. The van der Waals surface area contributed by atoms with Gasteiger partial charge in [0.2, 0.25) is 0 Å². The van der Waals surface area contributed by atoms with E-state index in [0.29, 0.717) is 11.3 Å². The fourth-order valence-electron chi connectivity index (χ4n) is 1.42. The van der Waals surface area contributed by atoms with Gasteiger partial charge in [0.05, 0.1) is 11.5 Å². The number of nitrogens with two attached hydrogens (primary N) is 1. The Morgan fingerprint density at radius 1 is 1.37 bits per heavy atom. The van der Waals surface area contributed by atoms with Crippen molar-refractivity contribution in [2.45, 2.75) is 6.92 Å².